The Labute approximate surface area is 164 Å². The lowest BCUT2D eigenvalue weighted by atomic mass is 10.0. The summed E-state index contributed by atoms with van der Waals surface area (Å²) in [5.41, 5.74) is 1.48. The van der Waals surface area contributed by atoms with Crippen LogP contribution in [-0.2, 0) is 9.59 Å². The Kier molecular flexibility index (Phi) is 6.10. The first-order chi connectivity index (χ1) is 13.0. The first-order valence-corrected chi connectivity index (χ1v) is 9.28. The average molecular weight is 402 g/mol. The van der Waals surface area contributed by atoms with Gasteiger partial charge in [0, 0.05) is 18.1 Å². The molecule has 1 atom stereocenters. The highest BCUT2D eigenvalue weighted by Gasteiger charge is 2.18. The smallest absolute Gasteiger partial charge is 0.228 e. The minimum atomic E-state index is -0.469. The van der Waals surface area contributed by atoms with Gasteiger partial charge in [-0.25, -0.2) is 0 Å². The predicted molar refractivity (Wildman–Crippen MR) is 104 cm³/mol. The van der Waals surface area contributed by atoms with Crippen molar-refractivity contribution in [1.82, 2.24) is 20.5 Å². The van der Waals surface area contributed by atoms with Gasteiger partial charge in [0.05, 0.1) is 12.5 Å². The maximum Gasteiger partial charge on any atom is 0.228 e. The van der Waals surface area contributed by atoms with Crippen LogP contribution in [0.5, 0.6) is 0 Å². The van der Waals surface area contributed by atoms with Crippen molar-refractivity contribution in [1.29, 1.82) is 0 Å². The van der Waals surface area contributed by atoms with Crippen molar-refractivity contribution in [2.24, 2.45) is 0 Å². The Morgan fingerprint density at radius 2 is 1.93 bits per heavy atom. The summed E-state index contributed by atoms with van der Waals surface area (Å²) in [6.07, 6.45) is 1.72. The van der Waals surface area contributed by atoms with Gasteiger partial charge in [0.25, 0.3) is 0 Å². The van der Waals surface area contributed by atoms with Gasteiger partial charge in [-0.15, -0.1) is 10.2 Å². The number of halogens is 1. The Balaban J connectivity index is 1.68. The normalized spacial score (nSPS) is 11.6. The molecule has 2 N–H and O–H groups in total. The molecule has 0 bridgehead atoms. The fraction of sp³-hybridized carbons (Fsp3) is 0.167. The SMILES string of the molecule is CC(=O)NC(CC(=O)Nc1nnc(-c2ccccn2)s1)c1ccc(Cl)cc1. The van der Waals surface area contributed by atoms with Crippen molar-refractivity contribution in [2.75, 3.05) is 5.32 Å². The van der Waals surface area contributed by atoms with E-state index in [0.29, 0.717) is 20.9 Å². The molecule has 0 aliphatic heterocycles. The lowest BCUT2D eigenvalue weighted by Gasteiger charge is -2.17. The van der Waals surface area contributed by atoms with E-state index in [4.69, 9.17) is 11.6 Å². The fourth-order valence-corrected chi connectivity index (χ4v) is 3.28. The van der Waals surface area contributed by atoms with E-state index in [2.05, 4.69) is 25.8 Å². The third-order valence-corrected chi connectivity index (χ3v) is 4.71. The molecule has 3 aromatic rings. The molecule has 1 aromatic carbocycles. The monoisotopic (exact) mass is 401 g/mol. The highest BCUT2D eigenvalue weighted by atomic mass is 35.5. The summed E-state index contributed by atoms with van der Waals surface area (Å²) in [6, 6.07) is 12.0. The number of pyridine rings is 1. The van der Waals surface area contributed by atoms with Gasteiger partial charge in [-0.3, -0.25) is 14.6 Å². The lowest BCUT2D eigenvalue weighted by Crippen LogP contribution is -2.29. The van der Waals surface area contributed by atoms with Crippen LogP contribution < -0.4 is 10.6 Å². The summed E-state index contributed by atoms with van der Waals surface area (Å²) in [5, 5.41) is 15.1. The highest BCUT2D eigenvalue weighted by molar-refractivity contribution is 7.18. The zero-order chi connectivity index (χ0) is 19.2. The average Bonchev–Trinajstić information content (AvgIpc) is 3.10. The number of nitrogens with zero attached hydrogens (tertiary/aromatic N) is 3. The molecule has 0 saturated heterocycles. The Morgan fingerprint density at radius 3 is 2.59 bits per heavy atom. The van der Waals surface area contributed by atoms with Crippen LogP contribution in [0.25, 0.3) is 10.7 Å². The molecule has 2 heterocycles. The number of nitrogens with one attached hydrogen (secondary N) is 2. The molecule has 3 rings (SSSR count). The standard InChI is InChI=1S/C18H16ClN5O2S/c1-11(25)21-15(12-5-7-13(19)8-6-12)10-16(26)22-18-24-23-17(27-18)14-4-2-3-9-20-14/h2-9,15H,10H2,1H3,(H,21,25)(H,22,24,26). The number of anilines is 1. The second-order valence-corrected chi connectivity index (χ2v) is 7.10. The second-order valence-electron chi connectivity index (χ2n) is 5.68. The number of benzene rings is 1. The molecule has 1 unspecified atom stereocenters. The summed E-state index contributed by atoms with van der Waals surface area (Å²) in [7, 11) is 0. The van der Waals surface area contributed by atoms with Gasteiger partial charge < -0.3 is 10.6 Å². The minimum Gasteiger partial charge on any atom is -0.349 e. The third kappa shape index (κ3) is 5.32. The maximum atomic E-state index is 12.4. The van der Waals surface area contributed by atoms with E-state index in [1.54, 1.807) is 30.5 Å². The van der Waals surface area contributed by atoms with Gasteiger partial charge in [-0.05, 0) is 29.8 Å². The molecule has 0 aliphatic rings. The van der Waals surface area contributed by atoms with E-state index < -0.39 is 6.04 Å². The van der Waals surface area contributed by atoms with Gasteiger partial charge in [0.15, 0.2) is 5.01 Å². The number of carbonyl (C=O) groups excluding carboxylic acids is 2. The molecule has 0 radical (unpaired) electrons. The molecule has 27 heavy (non-hydrogen) atoms. The Bertz CT molecular complexity index is 930. The van der Waals surface area contributed by atoms with Crippen LogP contribution in [0, 0.1) is 0 Å². The number of carbonyl (C=O) groups is 2. The molecular weight excluding hydrogens is 386 g/mol. The first kappa shape index (κ1) is 18.9. The van der Waals surface area contributed by atoms with E-state index in [1.165, 1.54) is 18.3 Å². The summed E-state index contributed by atoms with van der Waals surface area (Å²) in [5.74, 6) is -0.511. The molecule has 0 fully saturated rings. The van der Waals surface area contributed by atoms with E-state index in [9.17, 15) is 9.59 Å². The third-order valence-electron chi connectivity index (χ3n) is 3.59. The van der Waals surface area contributed by atoms with Crippen LogP contribution in [0.2, 0.25) is 5.02 Å². The molecule has 2 aromatic heterocycles. The van der Waals surface area contributed by atoms with E-state index in [0.717, 1.165) is 5.56 Å². The summed E-state index contributed by atoms with van der Waals surface area (Å²) in [6.45, 7) is 1.41. The number of aromatic nitrogens is 3. The van der Waals surface area contributed by atoms with E-state index in [-0.39, 0.29) is 18.2 Å². The predicted octanol–water partition coefficient (Wildman–Crippen LogP) is 3.46. The molecule has 0 spiro atoms. The number of hydrogen-bond acceptors (Lipinski definition) is 6. The van der Waals surface area contributed by atoms with Crippen LogP contribution in [0.1, 0.15) is 24.9 Å². The van der Waals surface area contributed by atoms with Gasteiger partial charge in [0.2, 0.25) is 16.9 Å². The summed E-state index contributed by atoms with van der Waals surface area (Å²) < 4.78 is 0. The van der Waals surface area contributed by atoms with Gasteiger partial charge in [-0.2, -0.15) is 0 Å². The molecule has 0 aliphatic carbocycles. The maximum absolute atomic E-state index is 12.4. The van der Waals surface area contributed by atoms with Crippen LogP contribution in [-0.4, -0.2) is 27.0 Å². The van der Waals surface area contributed by atoms with Crippen LogP contribution >= 0.6 is 22.9 Å². The Morgan fingerprint density at radius 1 is 1.15 bits per heavy atom. The molecule has 9 heteroatoms. The van der Waals surface area contributed by atoms with Crippen molar-refractivity contribution in [3.63, 3.8) is 0 Å². The van der Waals surface area contributed by atoms with Crippen molar-refractivity contribution < 1.29 is 9.59 Å². The van der Waals surface area contributed by atoms with Crippen molar-refractivity contribution in [2.45, 2.75) is 19.4 Å². The molecule has 2 amide bonds. The molecule has 0 saturated carbocycles. The van der Waals surface area contributed by atoms with Gasteiger partial charge in [-0.1, -0.05) is 41.1 Å². The van der Waals surface area contributed by atoms with Crippen LogP contribution in [0.3, 0.4) is 0 Å². The molecule has 138 valence electrons. The van der Waals surface area contributed by atoms with Crippen molar-refractivity contribution in [3.05, 3.63) is 59.2 Å². The highest BCUT2D eigenvalue weighted by Crippen LogP contribution is 2.25. The lowest BCUT2D eigenvalue weighted by molar-refractivity contribution is -0.120. The Hall–Kier alpha value is -2.84. The fourth-order valence-electron chi connectivity index (χ4n) is 2.41. The van der Waals surface area contributed by atoms with Crippen molar-refractivity contribution >= 4 is 39.9 Å². The zero-order valence-corrected chi connectivity index (χ0v) is 15.9. The number of amides is 2. The van der Waals surface area contributed by atoms with Crippen LogP contribution in [0.4, 0.5) is 5.13 Å². The van der Waals surface area contributed by atoms with Gasteiger partial charge in [0.1, 0.15) is 5.69 Å². The molecular formula is C18H16ClN5O2S. The minimum absolute atomic E-state index is 0.0553. The van der Waals surface area contributed by atoms with E-state index in [1.807, 2.05) is 18.2 Å². The quantitative estimate of drug-likeness (QED) is 0.659. The summed E-state index contributed by atoms with van der Waals surface area (Å²) in [4.78, 5) is 28.1. The van der Waals surface area contributed by atoms with E-state index >= 15 is 0 Å². The van der Waals surface area contributed by atoms with Crippen molar-refractivity contribution in [3.8, 4) is 10.7 Å². The number of rotatable bonds is 6. The van der Waals surface area contributed by atoms with Gasteiger partial charge >= 0.3 is 0 Å². The molecule has 7 nitrogen and oxygen atoms in total. The first-order valence-electron chi connectivity index (χ1n) is 8.08. The summed E-state index contributed by atoms with van der Waals surface area (Å²) >= 11 is 7.13. The topological polar surface area (TPSA) is 96.9 Å². The number of hydrogen-bond donors (Lipinski definition) is 2. The zero-order valence-electron chi connectivity index (χ0n) is 14.3. The second kappa shape index (κ2) is 8.70. The largest absolute Gasteiger partial charge is 0.349 e. The van der Waals surface area contributed by atoms with Crippen LogP contribution in [0.15, 0.2) is 48.7 Å².